The van der Waals surface area contributed by atoms with E-state index < -0.39 is 0 Å². The largest absolute Gasteiger partial charge is 0.497 e. The fourth-order valence-corrected chi connectivity index (χ4v) is 4.86. The number of ketones is 1. The molecule has 1 aromatic carbocycles. The van der Waals surface area contributed by atoms with E-state index in [2.05, 4.69) is 21.8 Å². The highest BCUT2D eigenvalue weighted by atomic mass is 16.5. The third-order valence-electron chi connectivity index (χ3n) is 7.03. The van der Waals surface area contributed by atoms with E-state index in [1.807, 2.05) is 25.2 Å². The molecule has 0 spiro atoms. The minimum atomic E-state index is 0.395. The molecule has 4 rings (SSSR count). The van der Waals surface area contributed by atoms with Crippen LogP contribution in [-0.4, -0.2) is 63.8 Å². The van der Waals surface area contributed by atoms with E-state index in [0.29, 0.717) is 24.1 Å². The number of aliphatic imine (C=N–C) groups is 1. The highest BCUT2D eigenvalue weighted by Crippen LogP contribution is 2.27. The summed E-state index contributed by atoms with van der Waals surface area (Å²) < 4.78 is 10.5. The number of piperidine rings is 1. The molecule has 33 heavy (non-hydrogen) atoms. The number of allylic oxidation sites excluding steroid dienone is 1. The molecule has 0 aromatic heterocycles. The summed E-state index contributed by atoms with van der Waals surface area (Å²) in [6, 6.07) is 5.84. The van der Waals surface area contributed by atoms with Gasteiger partial charge in [-0.3, -0.25) is 9.79 Å². The SMILES string of the molecule is C=C1C=Nc2ccc(OC)cc2CCO1.CNCCC1CCN(CCC2CCCC2=O)CC1. The Morgan fingerprint density at radius 2 is 2.03 bits per heavy atom. The Morgan fingerprint density at radius 1 is 1.21 bits per heavy atom. The van der Waals surface area contributed by atoms with Gasteiger partial charge < -0.3 is 19.7 Å². The molecule has 1 aromatic rings. The quantitative estimate of drug-likeness (QED) is 0.653. The maximum atomic E-state index is 11.6. The van der Waals surface area contributed by atoms with Crippen molar-refractivity contribution >= 4 is 17.7 Å². The number of nitrogens with zero attached hydrogens (tertiary/aromatic N) is 2. The number of likely N-dealkylation sites (tertiary alicyclic amines) is 1. The van der Waals surface area contributed by atoms with Gasteiger partial charge in [-0.15, -0.1) is 0 Å². The lowest BCUT2D eigenvalue weighted by Crippen LogP contribution is -2.36. The molecule has 2 fully saturated rings. The van der Waals surface area contributed by atoms with Crippen molar-refractivity contribution in [3.05, 3.63) is 36.1 Å². The first kappa shape index (κ1) is 25.4. The second kappa shape index (κ2) is 13.5. The number of benzene rings is 1. The predicted molar refractivity (Wildman–Crippen MR) is 135 cm³/mol. The number of hydrogen-bond donors (Lipinski definition) is 1. The zero-order chi connectivity index (χ0) is 23.5. The molecule has 1 atom stereocenters. The third-order valence-corrected chi connectivity index (χ3v) is 7.03. The van der Waals surface area contributed by atoms with E-state index in [1.54, 1.807) is 13.3 Å². The van der Waals surface area contributed by atoms with Gasteiger partial charge in [0.05, 0.1) is 25.6 Å². The number of carbonyl (C=O) groups is 1. The predicted octanol–water partition coefficient (Wildman–Crippen LogP) is 4.55. The van der Waals surface area contributed by atoms with Gasteiger partial charge >= 0.3 is 0 Å². The van der Waals surface area contributed by atoms with Gasteiger partial charge in [-0.2, -0.15) is 0 Å². The molecule has 3 aliphatic rings. The van der Waals surface area contributed by atoms with E-state index in [0.717, 1.165) is 68.1 Å². The highest BCUT2D eigenvalue weighted by Gasteiger charge is 2.25. The smallest absolute Gasteiger partial charge is 0.136 e. The van der Waals surface area contributed by atoms with E-state index in [-0.39, 0.29) is 0 Å². The van der Waals surface area contributed by atoms with Crippen molar-refractivity contribution in [2.24, 2.45) is 16.8 Å². The van der Waals surface area contributed by atoms with Crippen LogP contribution in [0.2, 0.25) is 0 Å². The zero-order valence-corrected chi connectivity index (χ0v) is 20.5. The highest BCUT2D eigenvalue weighted by molar-refractivity contribution is 5.82. The van der Waals surface area contributed by atoms with Crippen LogP contribution in [0.5, 0.6) is 5.75 Å². The lowest BCUT2D eigenvalue weighted by Gasteiger charge is -2.32. The Kier molecular flexibility index (Phi) is 10.4. The molecule has 182 valence electrons. The normalized spacial score (nSPS) is 21.5. The summed E-state index contributed by atoms with van der Waals surface area (Å²) >= 11 is 0. The van der Waals surface area contributed by atoms with E-state index in [4.69, 9.17) is 9.47 Å². The number of fused-ring (bicyclic) bond motifs is 1. The van der Waals surface area contributed by atoms with Crippen LogP contribution >= 0.6 is 0 Å². The summed E-state index contributed by atoms with van der Waals surface area (Å²) in [5.74, 6) is 3.30. The van der Waals surface area contributed by atoms with Crippen LogP contribution < -0.4 is 10.1 Å². The average Bonchev–Trinajstić information content (AvgIpc) is 3.24. The van der Waals surface area contributed by atoms with Crippen molar-refractivity contribution in [3.8, 4) is 5.75 Å². The Balaban J connectivity index is 0.000000189. The second-order valence-corrected chi connectivity index (χ2v) is 9.34. The molecule has 0 amide bonds. The summed E-state index contributed by atoms with van der Waals surface area (Å²) in [7, 11) is 3.69. The number of ether oxygens (including phenoxy) is 2. The second-order valence-electron chi connectivity index (χ2n) is 9.34. The van der Waals surface area contributed by atoms with Crippen molar-refractivity contribution in [2.75, 3.05) is 46.9 Å². The molecule has 1 N–H and O–H groups in total. The molecule has 1 aliphatic carbocycles. The van der Waals surface area contributed by atoms with Crippen LogP contribution in [0.1, 0.15) is 50.5 Å². The lowest BCUT2D eigenvalue weighted by molar-refractivity contribution is -0.120. The number of hydrogen-bond acceptors (Lipinski definition) is 6. The standard InChI is InChI=1S/C15H28N2O.C12H13NO2/c1-16-9-5-13-6-10-17(11-7-13)12-8-14-3-2-4-15(14)18;1-9-8-13-12-4-3-11(14-2)7-10(12)5-6-15-9/h13-14,16H,2-12H2,1H3;3-4,7-8H,1,5-6H2,2H3. The van der Waals surface area contributed by atoms with Crippen molar-refractivity contribution in [2.45, 2.75) is 51.4 Å². The van der Waals surface area contributed by atoms with Crippen molar-refractivity contribution in [3.63, 3.8) is 0 Å². The van der Waals surface area contributed by atoms with Crippen LogP contribution in [0.3, 0.4) is 0 Å². The Bertz CT molecular complexity index is 800. The summed E-state index contributed by atoms with van der Waals surface area (Å²) in [5, 5.41) is 3.24. The summed E-state index contributed by atoms with van der Waals surface area (Å²) in [6.45, 7) is 9.15. The molecule has 6 heteroatoms. The van der Waals surface area contributed by atoms with Gasteiger partial charge in [-0.1, -0.05) is 6.58 Å². The fraction of sp³-hybridized carbons (Fsp3) is 0.630. The lowest BCUT2D eigenvalue weighted by atomic mass is 9.93. The molecule has 2 aliphatic heterocycles. The van der Waals surface area contributed by atoms with E-state index >= 15 is 0 Å². The number of methoxy groups -OCH3 is 1. The molecule has 0 radical (unpaired) electrons. The van der Waals surface area contributed by atoms with Gasteiger partial charge in [-0.05, 0) is 101 Å². The maximum absolute atomic E-state index is 11.6. The molecular weight excluding hydrogens is 414 g/mol. The van der Waals surface area contributed by atoms with Crippen LogP contribution in [0, 0.1) is 11.8 Å². The Morgan fingerprint density at radius 3 is 2.73 bits per heavy atom. The molecule has 2 heterocycles. The Hall–Kier alpha value is -2.18. The molecule has 6 nitrogen and oxygen atoms in total. The molecular formula is C27H41N3O3. The zero-order valence-electron chi connectivity index (χ0n) is 20.5. The summed E-state index contributed by atoms with van der Waals surface area (Å²) in [5.41, 5.74) is 2.10. The first-order valence-corrected chi connectivity index (χ1v) is 12.5. The van der Waals surface area contributed by atoms with Crippen LogP contribution in [0.4, 0.5) is 5.69 Å². The number of nitrogens with one attached hydrogen (secondary N) is 1. The minimum Gasteiger partial charge on any atom is -0.497 e. The van der Waals surface area contributed by atoms with Crippen LogP contribution in [-0.2, 0) is 16.0 Å². The first-order chi connectivity index (χ1) is 16.1. The number of rotatable bonds is 7. The monoisotopic (exact) mass is 455 g/mol. The van der Waals surface area contributed by atoms with Crippen molar-refractivity contribution < 1.29 is 14.3 Å². The minimum absolute atomic E-state index is 0.395. The molecule has 1 unspecified atom stereocenters. The van der Waals surface area contributed by atoms with Gasteiger partial charge in [0.2, 0.25) is 0 Å². The molecule has 1 saturated heterocycles. The third kappa shape index (κ3) is 8.27. The van der Waals surface area contributed by atoms with Crippen molar-refractivity contribution in [1.82, 2.24) is 10.2 Å². The summed E-state index contributed by atoms with van der Waals surface area (Å²) in [6.07, 6.45) is 10.7. The molecule has 0 bridgehead atoms. The van der Waals surface area contributed by atoms with Gasteiger partial charge in [0.25, 0.3) is 0 Å². The van der Waals surface area contributed by atoms with Gasteiger partial charge in [0.15, 0.2) is 0 Å². The van der Waals surface area contributed by atoms with Gasteiger partial charge in [-0.25, -0.2) is 0 Å². The average molecular weight is 456 g/mol. The van der Waals surface area contributed by atoms with Gasteiger partial charge in [0.1, 0.15) is 17.3 Å². The van der Waals surface area contributed by atoms with Gasteiger partial charge in [0, 0.05) is 18.8 Å². The van der Waals surface area contributed by atoms with E-state index in [9.17, 15) is 4.79 Å². The molecule has 1 saturated carbocycles. The number of Topliss-reactive ketones (excluding diaryl/α,β-unsaturated/α-hetero) is 1. The van der Waals surface area contributed by atoms with E-state index in [1.165, 1.54) is 32.4 Å². The summed E-state index contributed by atoms with van der Waals surface area (Å²) in [4.78, 5) is 18.5. The topological polar surface area (TPSA) is 63.2 Å². The van der Waals surface area contributed by atoms with Crippen LogP contribution in [0.15, 0.2) is 35.5 Å². The Labute approximate surface area is 199 Å². The maximum Gasteiger partial charge on any atom is 0.136 e. The number of carbonyl (C=O) groups excluding carboxylic acids is 1. The first-order valence-electron chi connectivity index (χ1n) is 12.5. The fourth-order valence-electron chi connectivity index (χ4n) is 4.86. The van der Waals surface area contributed by atoms with Crippen LogP contribution in [0.25, 0.3) is 0 Å². The van der Waals surface area contributed by atoms with Crippen molar-refractivity contribution in [1.29, 1.82) is 0 Å².